The molecule has 1 heterocycles. The summed E-state index contributed by atoms with van der Waals surface area (Å²) in [5.41, 5.74) is 2.64. The highest BCUT2D eigenvalue weighted by molar-refractivity contribution is 6.07. The summed E-state index contributed by atoms with van der Waals surface area (Å²) in [5.74, 6) is 1.57. The maximum Gasteiger partial charge on any atom is 0.228 e. The van der Waals surface area contributed by atoms with Gasteiger partial charge in [-0.3, -0.25) is 9.79 Å². The number of ether oxygens (including phenoxy) is 1. The first-order chi connectivity index (χ1) is 11.3. The van der Waals surface area contributed by atoms with Crippen LogP contribution in [0.25, 0.3) is 0 Å². The van der Waals surface area contributed by atoms with Crippen molar-refractivity contribution in [1.29, 1.82) is 0 Å². The minimum atomic E-state index is -0.0544. The van der Waals surface area contributed by atoms with Gasteiger partial charge in [-0.1, -0.05) is 24.3 Å². The van der Waals surface area contributed by atoms with Gasteiger partial charge < -0.3 is 15.4 Å². The Labute approximate surface area is 135 Å². The van der Waals surface area contributed by atoms with Crippen LogP contribution >= 0.6 is 0 Å². The van der Waals surface area contributed by atoms with Crippen molar-refractivity contribution in [3.63, 3.8) is 0 Å². The molecule has 0 aromatic heterocycles. The van der Waals surface area contributed by atoms with Crippen LogP contribution in [-0.2, 0) is 11.2 Å². The van der Waals surface area contributed by atoms with Gasteiger partial charge in [0.1, 0.15) is 11.6 Å². The van der Waals surface area contributed by atoms with Gasteiger partial charge in [0.15, 0.2) is 0 Å². The van der Waals surface area contributed by atoms with Crippen LogP contribution < -0.4 is 15.4 Å². The van der Waals surface area contributed by atoms with Gasteiger partial charge in [-0.25, -0.2) is 0 Å². The SMILES string of the molecule is COc1ccc(CC(=O)Nc2ccccc2C2=NCCN2)cc1. The molecule has 23 heavy (non-hydrogen) atoms. The van der Waals surface area contributed by atoms with Gasteiger partial charge in [0.2, 0.25) is 5.91 Å². The maximum atomic E-state index is 12.3. The van der Waals surface area contributed by atoms with Crippen molar-refractivity contribution in [1.82, 2.24) is 5.32 Å². The molecule has 2 aromatic carbocycles. The molecule has 0 radical (unpaired) electrons. The molecule has 5 nitrogen and oxygen atoms in total. The summed E-state index contributed by atoms with van der Waals surface area (Å²) < 4.78 is 5.12. The number of aliphatic imine (C=N–C) groups is 1. The minimum absolute atomic E-state index is 0.0544. The summed E-state index contributed by atoms with van der Waals surface area (Å²) >= 11 is 0. The number of amidine groups is 1. The summed E-state index contributed by atoms with van der Waals surface area (Å²) in [6.45, 7) is 1.60. The topological polar surface area (TPSA) is 62.7 Å². The number of nitrogens with one attached hydrogen (secondary N) is 2. The molecular weight excluding hydrogens is 290 g/mol. The van der Waals surface area contributed by atoms with Crippen LogP contribution in [0.3, 0.4) is 0 Å². The van der Waals surface area contributed by atoms with Gasteiger partial charge in [0.05, 0.1) is 25.8 Å². The monoisotopic (exact) mass is 309 g/mol. The minimum Gasteiger partial charge on any atom is -0.497 e. The van der Waals surface area contributed by atoms with Crippen molar-refractivity contribution in [2.45, 2.75) is 6.42 Å². The number of hydrogen-bond donors (Lipinski definition) is 2. The number of rotatable bonds is 5. The number of hydrogen-bond acceptors (Lipinski definition) is 4. The lowest BCUT2D eigenvalue weighted by molar-refractivity contribution is -0.115. The fraction of sp³-hybridized carbons (Fsp3) is 0.222. The highest BCUT2D eigenvalue weighted by Gasteiger charge is 2.14. The largest absolute Gasteiger partial charge is 0.497 e. The molecule has 2 N–H and O–H groups in total. The smallest absolute Gasteiger partial charge is 0.228 e. The van der Waals surface area contributed by atoms with E-state index in [-0.39, 0.29) is 5.91 Å². The van der Waals surface area contributed by atoms with Crippen LogP contribution in [-0.4, -0.2) is 31.9 Å². The number of anilines is 1. The molecular formula is C18H19N3O2. The van der Waals surface area contributed by atoms with E-state index in [0.717, 1.165) is 41.5 Å². The first kappa shape index (κ1) is 15.1. The quantitative estimate of drug-likeness (QED) is 0.890. The van der Waals surface area contributed by atoms with Crippen LogP contribution in [0.5, 0.6) is 5.75 Å². The number of methoxy groups -OCH3 is 1. The number of nitrogens with zero attached hydrogens (tertiary/aromatic N) is 1. The van der Waals surface area contributed by atoms with Gasteiger partial charge >= 0.3 is 0 Å². The lowest BCUT2D eigenvalue weighted by Gasteiger charge is -2.11. The Bertz CT molecular complexity index is 723. The van der Waals surface area contributed by atoms with E-state index >= 15 is 0 Å². The van der Waals surface area contributed by atoms with E-state index in [1.54, 1.807) is 7.11 Å². The first-order valence-corrected chi connectivity index (χ1v) is 7.57. The summed E-state index contributed by atoms with van der Waals surface area (Å²) in [4.78, 5) is 16.7. The van der Waals surface area contributed by atoms with E-state index in [1.165, 1.54) is 0 Å². The molecule has 2 aromatic rings. The van der Waals surface area contributed by atoms with Crippen LogP contribution in [0.2, 0.25) is 0 Å². The summed E-state index contributed by atoms with van der Waals surface area (Å²) in [6, 6.07) is 15.2. The second kappa shape index (κ2) is 6.96. The van der Waals surface area contributed by atoms with E-state index in [1.807, 2.05) is 48.5 Å². The summed E-state index contributed by atoms with van der Waals surface area (Å²) in [7, 11) is 1.62. The third kappa shape index (κ3) is 3.69. The molecule has 3 rings (SSSR count). The summed E-state index contributed by atoms with van der Waals surface area (Å²) in [5, 5.41) is 6.21. The molecule has 0 bridgehead atoms. The van der Waals surface area contributed by atoms with E-state index in [9.17, 15) is 4.79 Å². The third-order valence-corrected chi connectivity index (χ3v) is 3.65. The van der Waals surface area contributed by atoms with Crippen molar-refractivity contribution in [3.8, 4) is 5.75 Å². The van der Waals surface area contributed by atoms with E-state index < -0.39 is 0 Å². The molecule has 0 unspecified atom stereocenters. The normalized spacial score (nSPS) is 13.2. The fourth-order valence-corrected chi connectivity index (χ4v) is 2.50. The average Bonchev–Trinajstić information content (AvgIpc) is 3.10. The zero-order chi connectivity index (χ0) is 16.1. The van der Waals surface area contributed by atoms with E-state index in [0.29, 0.717) is 6.42 Å². The zero-order valence-electron chi connectivity index (χ0n) is 13.0. The van der Waals surface area contributed by atoms with Crippen LogP contribution in [0, 0.1) is 0 Å². The zero-order valence-corrected chi connectivity index (χ0v) is 13.0. The lowest BCUT2D eigenvalue weighted by Crippen LogP contribution is -2.22. The number of carbonyl (C=O) groups excluding carboxylic acids is 1. The molecule has 118 valence electrons. The Balaban J connectivity index is 1.70. The third-order valence-electron chi connectivity index (χ3n) is 3.65. The number of carbonyl (C=O) groups is 1. The summed E-state index contributed by atoms with van der Waals surface area (Å²) in [6.07, 6.45) is 0.318. The Morgan fingerprint density at radius 2 is 2.00 bits per heavy atom. The van der Waals surface area contributed by atoms with Gasteiger partial charge in [0.25, 0.3) is 0 Å². The highest BCUT2D eigenvalue weighted by Crippen LogP contribution is 2.18. The Morgan fingerprint density at radius 3 is 2.70 bits per heavy atom. The number of amides is 1. The highest BCUT2D eigenvalue weighted by atomic mass is 16.5. The predicted octanol–water partition coefficient (Wildman–Crippen LogP) is 2.23. The Kier molecular flexibility index (Phi) is 4.57. The number of benzene rings is 2. The average molecular weight is 309 g/mol. The van der Waals surface area contributed by atoms with Crippen molar-refractivity contribution in [3.05, 3.63) is 59.7 Å². The molecule has 0 saturated carbocycles. The Morgan fingerprint density at radius 1 is 1.22 bits per heavy atom. The molecule has 0 spiro atoms. The second-order valence-electron chi connectivity index (χ2n) is 5.28. The Hall–Kier alpha value is -2.82. The van der Waals surface area contributed by atoms with Gasteiger partial charge in [0, 0.05) is 12.1 Å². The standard InChI is InChI=1S/C18H19N3O2/c1-23-14-8-6-13(7-9-14)12-17(22)21-16-5-3-2-4-15(16)18-19-10-11-20-18/h2-9H,10-12H2,1H3,(H,19,20)(H,21,22). The molecule has 0 aliphatic carbocycles. The van der Waals surface area contributed by atoms with E-state index in [4.69, 9.17) is 4.74 Å². The molecule has 0 saturated heterocycles. The van der Waals surface area contributed by atoms with Crippen LogP contribution in [0.15, 0.2) is 53.5 Å². The maximum absolute atomic E-state index is 12.3. The second-order valence-corrected chi connectivity index (χ2v) is 5.28. The first-order valence-electron chi connectivity index (χ1n) is 7.57. The lowest BCUT2D eigenvalue weighted by atomic mass is 10.1. The van der Waals surface area contributed by atoms with Gasteiger partial charge in [-0.05, 0) is 29.8 Å². The molecule has 0 atom stereocenters. The predicted molar refractivity (Wildman–Crippen MR) is 91.2 cm³/mol. The molecule has 1 aliphatic heterocycles. The fourth-order valence-electron chi connectivity index (χ4n) is 2.50. The van der Waals surface area contributed by atoms with Gasteiger partial charge in [-0.2, -0.15) is 0 Å². The molecule has 0 fully saturated rings. The van der Waals surface area contributed by atoms with Crippen molar-refractivity contribution >= 4 is 17.4 Å². The van der Waals surface area contributed by atoms with Crippen LogP contribution in [0.4, 0.5) is 5.69 Å². The molecule has 5 heteroatoms. The van der Waals surface area contributed by atoms with Crippen molar-refractivity contribution in [2.75, 3.05) is 25.5 Å². The molecule has 1 aliphatic rings. The van der Waals surface area contributed by atoms with Crippen LogP contribution in [0.1, 0.15) is 11.1 Å². The van der Waals surface area contributed by atoms with Crippen molar-refractivity contribution in [2.24, 2.45) is 4.99 Å². The molecule has 1 amide bonds. The van der Waals surface area contributed by atoms with E-state index in [2.05, 4.69) is 15.6 Å². The number of para-hydroxylation sites is 1. The van der Waals surface area contributed by atoms with Gasteiger partial charge in [-0.15, -0.1) is 0 Å². The van der Waals surface area contributed by atoms with Crippen molar-refractivity contribution < 1.29 is 9.53 Å².